The van der Waals surface area contributed by atoms with Crippen LogP contribution in [0.25, 0.3) is 0 Å². The van der Waals surface area contributed by atoms with E-state index in [2.05, 4.69) is 57.2 Å². The second-order valence-electron chi connectivity index (χ2n) is 12.7. The van der Waals surface area contributed by atoms with Crippen molar-refractivity contribution in [2.75, 3.05) is 6.61 Å². The molecule has 0 aromatic heterocycles. The van der Waals surface area contributed by atoms with Crippen LogP contribution in [0.1, 0.15) is 194 Å². The van der Waals surface area contributed by atoms with Crippen LogP contribution in [-0.4, -0.2) is 12.6 Å². The van der Waals surface area contributed by atoms with Gasteiger partial charge in [-0.1, -0.05) is 179 Å². The zero-order chi connectivity index (χ0) is 29.9. The second-order valence-corrected chi connectivity index (χ2v) is 12.7. The summed E-state index contributed by atoms with van der Waals surface area (Å²) in [7, 11) is 0. The lowest BCUT2D eigenvalue weighted by Gasteiger charge is -2.06. The molecule has 240 valence electrons. The quantitative estimate of drug-likeness (QED) is 0.0455. The van der Waals surface area contributed by atoms with E-state index in [1.165, 1.54) is 128 Å². The Morgan fingerprint density at radius 3 is 1.44 bits per heavy atom. The van der Waals surface area contributed by atoms with Crippen LogP contribution in [0, 0.1) is 5.92 Å². The fourth-order valence-corrected chi connectivity index (χ4v) is 5.28. The monoisotopic (exact) mass is 573 g/mol. The number of hydrogen-bond acceptors (Lipinski definition) is 2. The Balaban J connectivity index is 3.22. The Labute approximate surface area is 258 Å². The SMILES string of the molecule is CC/C=C\C/C=C\C/C=C\CCCCCCCC(=O)OCCCCCCCCCCCCCCCCCCC(C)C. The zero-order valence-corrected chi connectivity index (χ0v) is 28.2. The molecule has 0 aliphatic carbocycles. The van der Waals surface area contributed by atoms with E-state index in [1.54, 1.807) is 0 Å². The van der Waals surface area contributed by atoms with Gasteiger partial charge in [0.1, 0.15) is 0 Å². The molecule has 0 bridgehead atoms. The number of ether oxygens (including phenoxy) is 1. The molecule has 0 saturated carbocycles. The van der Waals surface area contributed by atoms with Gasteiger partial charge in [-0.05, 0) is 50.9 Å². The minimum atomic E-state index is 0.00723. The third-order valence-electron chi connectivity index (χ3n) is 7.97. The number of hydrogen-bond donors (Lipinski definition) is 0. The molecule has 0 aromatic carbocycles. The van der Waals surface area contributed by atoms with Gasteiger partial charge in [0, 0.05) is 6.42 Å². The van der Waals surface area contributed by atoms with Gasteiger partial charge >= 0.3 is 5.97 Å². The number of allylic oxidation sites excluding steroid dienone is 6. The van der Waals surface area contributed by atoms with Crippen molar-refractivity contribution < 1.29 is 9.53 Å². The highest BCUT2D eigenvalue weighted by atomic mass is 16.5. The molecule has 0 aliphatic heterocycles. The second kappa shape index (κ2) is 34.9. The molecule has 0 aromatic rings. The Morgan fingerprint density at radius 2 is 0.927 bits per heavy atom. The summed E-state index contributed by atoms with van der Waals surface area (Å²) in [6.07, 6.45) is 47.8. The predicted molar refractivity (Wildman–Crippen MR) is 184 cm³/mol. The molecule has 0 N–H and O–H groups in total. The van der Waals surface area contributed by atoms with E-state index in [0.29, 0.717) is 13.0 Å². The first-order valence-electron chi connectivity index (χ1n) is 18.3. The van der Waals surface area contributed by atoms with Gasteiger partial charge in [-0.15, -0.1) is 0 Å². The van der Waals surface area contributed by atoms with Crippen molar-refractivity contribution in [1.29, 1.82) is 0 Å². The van der Waals surface area contributed by atoms with Crippen LogP contribution in [0.3, 0.4) is 0 Å². The summed E-state index contributed by atoms with van der Waals surface area (Å²) in [5, 5.41) is 0. The Hall–Kier alpha value is -1.31. The minimum absolute atomic E-state index is 0.00723. The van der Waals surface area contributed by atoms with Crippen LogP contribution < -0.4 is 0 Å². The molecule has 0 fully saturated rings. The van der Waals surface area contributed by atoms with Crippen LogP contribution in [0.15, 0.2) is 36.5 Å². The van der Waals surface area contributed by atoms with Crippen LogP contribution in [0.2, 0.25) is 0 Å². The average molecular weight is 573 g/mol. The summed E-state index contributed by atoms with van der Waals surface area (Å²) in [4.78, 5) is 11.9. The van der Waals surface area contributed by atoms with Crippen molar-refractivity contribution in [1.82, 2.24) is 0 Å². The third-order valence-corrected chi connectivity index (χ3v) is 7.97. The van der Waals surface area contributed by atoms with Crippen molar-refractivity contribution in [2.45, 2.75) is 194 Å². The molecule has 0 unspecified atom stereocenters. The first-order chi connectivity index (χ1) is 20.2. The first kappa shape index (κ1) is 39.7. The van der Waals surface area contributed by atoms with Crippen molar-refractivity contribution in [2.24, 2.45) is 5.92 Å². The van der Waals surface area contributed by atoms with Crippen molar-refractivity contribution >= 4 is 5.97 Å². The molecule has 0 amide bonds. The minimum Gasteiger partial charge on any atom is -0.466 e. The molecular weight excluding hydrogens is 500 g/mol. The van der Waals surface area contributed by atoms with E-state index >= 15 is 0 Å². The molecule has 0 radical (unpaired) electrons. The summed E-state index contributed by atoms with van der Waals surface area (Å²) in [5.74, 6) is 0.884. The number of unbranched alkanes of at least 4 members (excludes halogenated alkanes) is 20. The highest BCUT2D eigenvalue weighted by Gasteiger charge is 2.02. The standard InChI is InChI=1S/C39H72O2/c1-4-5-6-7-8-9-10-11-14-18-21-24-27-30-33-36-39(40)41-37-34-31-28-25-22-19-16-13-12-15-17-20-23-26-29-32-35-38(2)3/h5-6,8-9,11,14,38H,4,7,10,12-13,15-37H2,1-3H3/b6-5-,9-8-,14-11-. The van der Waals surface area contributed by atoms with Gasteiger partial charge in [0.05, 0.1) is 6.61 Å². The van der Waals surface area contributed by atoms with E-state index < -0.39 is 0 Å². The van der Waals surface area contributed by atoms with Crippen LogP contribution in [0.5, 0.6) is 0 Å². The van der Waals surface area contributed by atoms with Crippen LogP contribution in [0.4, 0.5) is 0 Å². The number of carbonyl (C=O) groups is 1. The smallest absolute Gasteiger partial charge is 0.305 e. The maximum Gasteiger partial charge on any atom is 0.305 e. The van der Waals surface area contributed by atoms with Crippen LogP contribution in [-0.2, 0) is 9.53 Å². The van der Waals surface area contributed by atoms with Gasteiger partial charge in [-0.2, -0.15) is 0 Å². The first-order valence-corrected chi connectivity index (χ1v) is 18.3. The average Bonchev–Trinajstić information content (AvgIpc) is 2.96. The topological polar surface area (TPSA) is 26.3 Å². The van der Waals surface area contributed by atoms with E-state index in [-0.39, 0.29) is 5.97 Å². The van der Waals surface area contributed by atoms with Gasteiger partial charge in [0.2, 0.25) is 0 Å². The van der Waals surface area contributed by atoms with Gasteiger partial charge in [-0.25, -0.2) is 0 Å². The molecule has 0 saturated heterocycles. The van der Waals surface area contributed by atoms with Gasteiger partial charge in [0.25, 0.3) is 0 Å². The molecule has 0 spiro atoms. The molecule has 0 heterocycles. The fraction of sp³-hybridized carbons (Fsp3) is 0.821. The van der Waals surface area contributed by atoms with E-state index in [4.69, 9.17) is 4.74 Å². The largest absolute Gasteiger partial charge is 0.466 e. The zero-order valence-electron chi connectivity index (χ0n) is 28.2. The van der Waals surface area contributed by atoms with Crippen LogP contribution >= 0.6 is 0 Å². The number of carbonyl (C=O) groups excluding carboxylic acids is 1. The molecule has 41 heavy (non-hydrogen) atoms. The lowest BCUT2D eigenvalue weighted by atomic mass is 10.0. The van der Waals surface area contributed by atoms with E-state index in [0.717, 1.165) is 44.4 Å². The maximum absolute atomic E-state index is 11.9. The molecule has 0 atom stereocenters. The molecule has 2 heteroatoms. The lowest BCUT2D eigenvalue weighted by molar-refractivity contribution is -0.143. The molecule has 0 aliphatic rings. The normalized spacial score (nSPS) is 12.1. The summed E-state index contributed by atoms with van der Waals surface area (Å²) in [5.41, 5.74) is 0. The Bertz CT molecular complexity index is 601. The Morgan fingerprint density at radius 1 is 0.512 bits per heavy atom. The van der Waals surface area contributed by atoms with Crippen molar-refractivity contribution in [3.8, 4) is 0 Å². The highest BCUT2D eigenvalue weighted by molar-refractivity contribution is 5.69. The highest BCUT2D eigenvalue weighted by Crippen LogP contribution is 2.15. The summed E-state index contributed by atoms with van der Waals surface area (Å²) in [6, 6.07) is 0. The van der Waals surface area contributed by atoms with Gasteiger partial charge < -0.3 is 4.74 Å². The Kier molecular flexibility index (Phi) is 33.8. The number of esters is 1. The van der Waals surface area contributed by atoms with Crippen molar-refractivity contribution in [3.05, 3.63) is 36.5 Å². The molecule has 0 rings (SSSR count). The van der Waals surface area contributed by atoms with Gasteiger partial charge in [-0.3, -0.25) is 4.79 Å². The third kappa shape index (κ3) is 36.7. The summed E-state index contributed by atoms with van der Waals surface area (Å²) in [6.45, 7) is 7.45. The van der Waals surface area contributed by atoms with E-state index in [9.17, 15) is 4.79 Å². The summed E-state index contributed by atoms with van der Waals surface area (Å²) < 4.78 is 5.44. The summed E-state index contributed by atoms with van der Waals surface area (Å²) >= 11 is 0. The van der Waals surface area contributed by atoms with Crippen molar-refractivity contribution in [3.63, 3.8) is 0 Å². The fourth-order valence-electron chi connectivity index (χ4n) is 5.28. The number of rotatable bonds is 32. The van der Waals surface area contributed by atoms with Gasteiger partial charge in [0.15, 0.2) is 0 Å². The maximum atomic E-state index is 11.9. The molecular formula is C39H72O2. The lowest BCUT2D eigenvalue weighted by Crippen LogP contribution is -2.05. The van der Waals surface area contributed by atoms with E-state index in [1.807, 2.05) is 0 Å². The predicted octanol–water partition coefficient (Wildman–Crippen LogP) is 13.4. The molecule has 2 nitrogen and oxygen atoms in total.